The SMILES string of the molecule is Nc1[nH]ncc1S(=O)(=O)NCc1cccc(Cl)c1. The van der Waals surface area contributed by atoms with Crippen molar-refractivity contribution in [1.82, 2.24) is 14.9 Å². The van der Waals surface area contributed by atoms with Gasteiger partial charge in [-0.3, -0.25) is 5.10 Å². The number of nitrogens with two attached hydrogens (primary N) is 1. The number of anilines is 1. The third-order valence-corrected chi connectivity index (χ3v) is 3.94. The molecule has 2 rings (SSSR count). The quantitative estimate of drug-likeness (QED) is 0.784. The molecule has 0 amide bonds. The van der Waals surface area contributed by atoms with Crippen LogP contribution >= 0.6 is 11.6 Å². The first kappa shape index (κ1) is 12.9. The van der Waals surface area contributed by atoms with E-state index >= 15 is 0 Å². The minimum absolute atomic E-state index is 0.00796. The average Bonchev–Trinajstić information content (AvgIpc) is 2.74. The van der Waals surface area contributed by atoms with Crippen molar-refractivity contribution in [2.24, 2.45) is 0 Å². The first-order chi connectivity index (χ1) is 8.49. The fourth-order valence-electron chi connectivity index (χ4n) is 1.40. The van der Waals surface area contributed by atoms with Crippen LogP contribution in [0.1, 0.15) is 5.56 Å². The van der Waals surface area contributed by atoms with Gasteiger partial charge in [-0.25, -0.2) is 13.1 Å². The van der Waals surface area contributed by atoms with E-state index in [9.17, 15) is 8.42 Å². The summed E-state index contributed by atoms with van der Waals surface area (Å²) in [7, 11) is -3.67. The smallest absolute Gasteiger partial charge is 0.246 e. The Bertz CT molecular complexity index is 653. The predicted octanol–water partition coefficient (Wildman–Crippen LogP) is 1.12. The number of nitrogen functional groups attached to an aromatic ring is 1. The van der Waals surface area contributed by atoms with Gasteiger partial charge in [0.25, 0.3) is 0 Å². The van der Waals surface area contributed by atoms with Gasteiger partial charge >= 0.3 is 0 Å². The van der Waals surface area contributed by atoms with Gasteiger partial charge in [0.1, 0.15) is 10.7 Å². The van der Waals surface area contributed by atoms with Crippen LogP contribution in [0.25, 0.3) is 0 Å². The first-order valence-corrected chi connectivity index (χ1v) is 6.88. The number of halogens is 1. The van der Waals surface area contributed by atoms with Crippen molar-refractivity contribution in [3.05, 3.63) is 41.0 Å². The summed E-state index contributed by atoms with van der Waals surface area (Å²) in [4.78, 5) is -0.0653. The molecule has 8 heteroatoms. The fourth-order valence-corrected chi connectivity index (χ4v) is 2.65. The minimum atomic E-state index is -3.67. The summed E-state index contributed by atoms with van der Waals surface area (Å²) >= 11 is 5.81. The van der Waals surface area contributed by atoms with E-state index in [2.05, 4.69) is 14.9 Å². The molecule has 0 aliphatic carbocycles. The summed E-state index contributed by atoms with van der Waals surface area (Å²) in [5, 5.41) is 6.49. The lowest BCUT2D eigenvalue weighted by Crippen LogP contribution is -2.23. The lowest BCUT2D eigenvalue weighted by molar-refractivity contribution is 0.582. The van der Waals surface area contributed by atoms with Crippen molar-refractivity contribution in [3.8, 4) is 0 Å². The highest BCUT2D eigenvalue weighted by molar-refractivity contribution is 7.89. The maximum atomic E-state index is 11.9. The molecule has 0 saturated heterocycles. The number of H-pyrrole nitrogens is 1. The zero-order chi connectivity index (χ0) is 13.2. The molecule has 0 aliphatic heterocycles. The number of benzene rings is 1. The van der Waals surface area contributed by atoms with E-state index in [0.29, 0.717) is 5.02 Å². The lowest BCUT2D eigenvalue weighted by Gasteiger charge is -2.05. The lowest BCUT2D eigenvalue weighted by atomic mass is 10.2. The summed E-state index contributed by atoms with van der Waals surface area (Å²) < 4.78 is 26.2. The zero-order valence-corrected chi connectivity index (χ0v) is 10.8. The van der Waals surface area contributed by atoms with Gasteiger partial charge in [-0.2, -0.15) is 5.10 Å². The van der Waals surface area contributed by atoms with Crippen LogP contribution in [0.2, 0.25) is 5.02 Å². The van der Waals surface area contributed by atoms with Crippen LogP contribution in [0.15, 0.2) is 35.4 Å². The highest BCUT2D eigenvalue weighted by Crippen LogP contribution is 2.15. The molecule has 0 aliphatic rings. The maximum absolute atomic E-state index is 11.9. The summed E-state index contributed by atoms with van der Waals surface area (Å²) in [6.07, 6.45) is 1.16. The molecule has 0 unspecified atom stereocenters. The molecule has 0 spiro atoms. The summed E-state index contributed by atoms with van der Waals surface area (Å²) in [6.45, 7) is 0.132. The second kappa shape index (κ2) is 4.97. The molecule has 0 fully saturated rings. The molecule has 2 aromatic rings. The van der Waals surface area contributed by atoms with E-state index in [0.717, 1.165) is 11.8 Å². The summed E-state index contributed by atoms with van der Waals surface area (Å²) in [5.41, 5.74) is 6.22. The largest absolute Gasteiger partial charge is 0.383 e. The topological polar surface area (TPSA) is 101 Å². The van der Waals surface area contributed by atoms with Crippen molar-refractivity contribution in [1.29, 1.82) is 0 Å². The fraction of sp³-hybridized carbons (Fsp3) is 0.100. The van der Waals surface area contributed by atoms with E-state index in [4.69, 9.17) is 17.3 Å². The van der Waals surface area contributed by atoms with Gasteiger partial charge in [-0.05, 0) is 17.7 Å². The van der Waals surface area contributed by atoms with Crippen LogP contribution in [0.5, 0.6) is 0 Å². The van der Waals surface area contributed by atoms with Crippen LogP contribution in [-0.4, -0.2) is 18.6 Å². The van der Waals surface area contributed by atoms with Gasteiger partial charge in [0.15, 0.2) is 0 Å². The molecule has 0 radical (unpaired) electrons. The van der Waals surface area contributed by atoms with Crippen LogP contribution in [0.4, 0.5) is 5.82 Å². The van der Waals surface area contributed by atoms with E-state index in [1.807, 2.05) is 0 Å². The summed E-state index contributed by atoms with van der Waals surface area (Å²) in [6, 6.07) is 6.92. The second-order valence-corrected chi connectivity index (χ2v) is 5.77. The van der Waals surface area contributed by atoms with Crippen molar-refractivity contribution in [3.63, 3.8) is 0 Å². The normalized spacial score (nSPS) is 11.6. The highest BCUT2D eigenvalue weighted by atomic mass is 35.5. The molecule has 18 heavy (non-hydrogen) atoms. The standard InChI is InChI=1S/C10H11ClN4O2S/c11-8-3-1-2-7(4-8)5-14-18(16,17)9-6-13-15-10(9)12/h1-4,6,14H,5H2,(H3,12,13,15). The van der Waals surface area contributed by atoms with Gasteiger partial charge in [0.2, 0.25) is 10.0 Å². The van der Waals surface area contributed by atoms with Crippen LogP contribution in [0.3, 0.4) is 0 Å². The molecule has 0 bridgehead atoms. The number of sulfonamides is 1. The van der Waals surface area contributed by atoms with Crippen molar-refractivity contribution >= 4 is 27.4 Å². The van der Waals surface area contributed by atoms with E-state index in [-0.39, 0.29) is 17.3 Å². The molecule has 1 aromatic carbocycles. The number of rotatable bonds is 4. The summed E-state index contributed by atoms with van der Waals surface area (Å²) in [5.74, 6) is 0.00796. The Balaban J connectivity index is 2.13. The highest BCUT2D eigenvalue weighted by Gasteiger charge is 2.18. The molecular weight excluding hydrogens is 276 g/mol. The van der Waals surface area contributed by atoms with Gasteiger partial charge in [0, 0.05) is 11.6 Å². The van der Waals surface area contributed by atoms with Crippen molar-refractivity contribution < 1.29 is 8.42 Å². The van der Waals surface area contributed by atoms with Crippen molar-refractivity contribution in [2.45, 2.75) is 11.4 Å². The number of nitrogens with one attached hydrogen (secondary N) is 2. The van der Waals surface area contributed by atoms with Gasteiger partial charge < -0.3 is 5.73 Å². The van der Waals surface area contributed by atoms with Crippen LogP contribution in [-0.2, 0) is 16.6 Å². The Morgan fingerprint density at radius 1 is 1.44 bits per heavy atom. The monoisotopic (exact) mass is 286 g/mol. The number of nitrogens with zero attached hydrogens (tertiary/aromatic N) is 1. The Morgan fingerprint density at radius 2 is 2.22 bits per heavy atom. The van der Waals surface area contributed by atoms with Crippen molar-refractivity contribution in [2.75, 3.05) is 5.73 Å². The molecule has 0 atom stereocenters. The minimum Gasteiger partial charge on any atom is -0.383 e. The number of hydrogen-bond donors (Lipinski definition) is 3. The molecule has 1 aromatic heterocycles. The van der Waals surface area contributed by atoms with Gasteiger partial charge in [-0.1, -0.05) is 23.7 Å². The number of hydrogen-bond acceptors (Lipinski definition) is 4. The van der Waals surface area contributed by atoms with E-state index < -0.39 is 10.0 Å². The molecular formula is C10H11ClN4O2S. The molecule has 96 valence electrons. The first-order valence-electron chi connectivity index (χ1n) is 5.02. The van der Waals surface area contributed by atoms with Crippen LogP contribution < -0.4 is 10.5 Å². The van der Waals surface area contributed by atoms with Crippen LogP contribution in [0, 0.1) is 0 Å². The van der Waals surface area contributed by atoms with Gasteiger partial charge in [0.05, 0.1) is 6.20 Å². The number of aromatic nitrogens is 2. The predicted molar refractivity (Wildman–Crippen MR) is 68.5 cm³/mol. The number of aromatic amines is 1. The molecule has 1 heterocycles. The Morgan fingerprint density at radius 3 is 2.83 bits per heavy atom. The van der Waals surface area contributed by atoms with E-state index in [1.165, 1.54) is 0 Å². The molecule has 0 saturated carbocycles. The third-order valence-electron chi connectivity index (χ3n) is 2.28. The zero-order valence-electron chi connectivity index (χ0n) is 9.22. The van der Waals surface area contributed by atoms with E-state index in [1.54, 1.807) is 24.3 Å². The maximum Gasteiger partial charge on any atom is 0.246 e. The Labute approximate surface area is 109 Å². The second-order valence-electron chi connectivity index (χ2n) is 3.60. The third kappa shape index (κ3) is 2.81. The van der Waals surface area contributed by atoms with Gasteiger partial charge in [-0.15, -0.1) is 0 Å². The Hall–Kier alpha value is -1.57. The molecule has 4 N–H and O–H groups in total. The average molecular weight is 287 g/mol. The Kier molecular flexibility index (Phi) is 3.55. The molecule has 6 nitrogen and oxygen atoms in total.